The van der Waals surface area contributed by atoms with Gasteiger partial charge in [0.05, 0.1) is 11.2 Å². The molecule has 1 aromatic carbocycles. The van der Waals surface area contributed by atoms with E-state index in [1.54, 1.807) is 30.6 Å². The van der Waals surface area contributed by atoms with Crippen LogP contribution in [0.4, 0.5) is 0 Å². The number of pyridine rings is 1. The van der Waals surface area contributed by atoms with Crippen LogP contribution >= 0.6 is 12.6 Å². The summed E-state index contributed by atoms with van der Waals surface area (Å²) < 4.78 is 0. The first-order valence-electron chi connectivity index (χ1n) is 7.79. The smallest absolute Gasteiger partial charge is 0.327 e. The molecular formula is C18H21N3O3S. The first-order valence-corrected chi connectivity index (χ1v) is 8.42. The van der Waals surface area contributed by atoms with E-state index in [-0.39, 0.29) is 11.3 Å². The second kappa shape index (κ2) is 7.65. The van der Waals surface area contributed by atoms with E-state index >= 15 is 0 Å². The molecule has 2 N–H and O–H groups in total. The number of carbonyl (C=O) groups is 2. The van der Waals surface area contributed by atoms with Crippen molar-refractivity contribution in [1.82, 2.24) is 10.3 Å². The largest absolute Gasteiger partial charge is 0.480 e. The molecule has 7 heteroatoms. The van der Waals surface area contributed by atoms with Crippen LogP contribution in [0.5, 0.6) is 0 Å². The second-order valence-corrected chi connectivity index (χ2v) is 7.01. The van der Waals surface area contributed by atoms with Crippen LogP contribution in [0.1, 0.15) is 36.8 Å². The Labute approximate surface area is 151 Å². The standard InChI is InChI=1S/C18H21N3O3S/c1-18(2,3)20-9-14-7-13-6-11(4-5-12(13)8-19-14)16(22)21-15(10-25)17(23)24/h4-9,15,25H,10H2,1-3H3,(H,21,22)(H,23,24)/b20-9-. The topological polar surface area (TPSA) is 91.7 Å². The summed E-state index contributed by atoms with van der Waals surface area (Å²) in [6.45, 7) is 5.98. The molecule has 0 radical (unpaired) electrons. The van der Waals surface area contributed by atoms with Gasteiger partial charge in [0.15, 0.2) is 0 Å². The number of carboxylic acids is 1. The van der Waals surface area contributed by atoms with Crippen molar-refractivity contribution >= 4 is 41.5 Å². The molecule has 1 heterocycles. The van der Waals surface area contributed by atoms with Crippen molar-refractivity contribution < 1.29 is 14.7 Å². The molecule has 0 bridgehead atoms. The summed E-state index contributed by atoms with van der Waals surface area (Å²) in [6.07, 6.45) is 3.42. The van der Waals surface area contributed by atoms with Crippen molar-refractivity contribution in [1.29, 1.82) is 0 Å². The van der Waals surface area contributed by atoms with E-state index in [2.05, 4.69) is 27.9 Å². The highest BCUT2D eigenvalue weighted by atomic mass is 32.1. The van der Waals surface area contributed by atoms with Gasteiger partial charge >= 0.3 is 5.97 Å². The van der Waals surface area contributed by atoms with E-state index < -0.39 is 17.9 Å². The fourth-order valence-electron chi connectivity index (χ4n) is 2.06. The highest BCUT2D eigenvalue weighted by molar-refractivity contribution is 7.80. The Morgan fingerprint density at radius 2 is 2.04 bits per heavy atom. The van der Waals surface area contributed by atoms with Crippen molar-refractivity contribution in [2.24, 2.45) is 4.99 Å². The number of amides is 1. The number of carboxylic acid groups (broad SMARTS) is 1. The van der Waals surface area contributed by atoms with Crippen molar-refractivity contribution in [2.45, 2.75) is 32.4 Å². The maximum atomic E-state index is 12.3. The van der Waals surface area contributed by atoms with Crippen LogP contribution in [-0.2, 0) is 4.79 Å². The van der Waals surface area contributed by atoms with E-state index in [1.165, 1.54) is 0 Å². The number of nitrogens with zero attached hydrogens (tertiary/aromatic N) is 2. The van der Waals surface area contributed by atoms with Crippen LogP contribution < -0.4 is 5.32 Å². The molecular weight excluding hydrogens is 338 g/mol. The Balaban J connectivity index is 2.29. The van der Waals surface area contributed by atoms with Crippen molar-refractivity contribution in [3.63, 3.8) is 0 Å². The average Bonchev–Trinajstić information content (AvgIpc) is 2.55. The van der Waals surface area contributed by atoms with Crippen molar-refractivity contribution in [3.05, 3.63) is 41.7 Å². The van der Waals surface area contributed by atoms with Gasteiger partial charge < -0.3 is 10.4 Å². The number of hydrogen-bond donors (Lipinski definition) is 3. The Bertz CT molecular complexity index is 828. The summed E-state index contributed by atoms with van der Waals surface area (Å²) in [4.78, 5) is 32.0. The quantitative estimate of drug-likeness (QED) is 0.565. The second-order valence-electron chi connectivity index (χ2n) is 6.65. The van der Waals surface area contributed by atoms with Crippen LogP contribution in [0, 0.1) is 0 Å². The Morgan fingerprint density at radius 1 is 1.32 bits per heavy atom. The molecule has 0 saturated carbocycles. The number of thiol groups is 1. The fraction of sp³-hybridized carbons (Fsp3) is 0.333. The third-order valence-corrected chi connectivity index (χ3v) is 3.74. The Hall–Kier alpha value is -2.41. The lowest BCUT2D eigenvalue weighted by atomic mass is 10.1. The maximum absolute atomic E-state index is 12.3. The zero-order valence-electron chi connectivity index (χ0n) is 14.4. The first-order chi connectivity index (χ1) is 11.7. The van der Waals surface area contributed by atoms with Crippen LogP contribution in [-0.4, -0.2) is 45.5 Å². The number of rotatable bonds is 5. The summed E-state index contributed by atoms with van der Waals surface area (Å²) in [6, 6.07) is 5.93. The molecule has 0 aliphatic carbocycles. The van der Waals surface area contributed by atoms with Gasteiger partial charge in [-0.15, -0.1) is 0 Å². The van der Waals surface area contributed by atoms with E-state index in [9.17, 15) is 9.59 Å². The molecule has 0 fully saturated rings. The predicted molar refractivity (Wildman–Crippen MR) is 102 cm³/mol. The van der Waals surface area contributed by atoms with Crippen LogP contribution in [0.15, 0.2) is 35.5 Å². The van der Waals surface area contributed by atoms with Gasteiger partial charge in [0.25, 0.3) is 5.91 Å². The van der Waals surface area contributed by atoms with Crippen LogP contribution in [0.2, 0.25) is 0 Å². The highest BCUT2D eigenvalue weighted by Crippen LogP contribution is 2.17. The average molecular weight is 359 g/mol. The SMILES string of the molecule is CC(C)(C)/N=C\c1cc2cc(C(=O)NC(CS)C(=O)O)ccc2cn1. The molecule has 0 aliphatic heterocycles. The minimum absolute atomic E-state index is 0.0198. The molecule has 132 valence electrons. The van der Waals surface area contributed by atoms with Gasteiger partial charge in [0.1, 0.15) is 6.04 Å². The molecule has 1 unspecified atom stereocenters. The van der Waals surface area contributed by atoms with Gasteiger partial charge in [-0.2, -0.15) is 12.6 Å². The van der Waals surface area contributed by atoms with Crippen molar-refractivity contribution in [2.75, 3.05) is 5.75 Å². The number of aromatic nitrogens is 1. The molecule has 1 amide bonds. The third-order valence-electron chi connectivity index (χ3n) is 3.38. The van der Waals surface area contributed by atoms with Crippen molar-refractivity contribution in [3.8, 4) is 0 Å². The van der Waals surface area contributed by atoms with Gasteiger partial charge in [-0.1, -0.05) is 6.07 Å². The minimum Gasteiger partial charge on any atom is -0.480 e. The molecule has 2 rings (SSSR count). The van der Waals surface area contributed by atoms with E-state index in [0.29, 0.717) is 11.3 Å². The minimum atomic E-state index is -1.12. The van der Waals surface area contributed by atoms with E-state index in [0.717, 1.165) is 10.8 Å². The number of fused-ring (bicyclic) bond motifs is 1. The molecule has 2 aromatic rings. The summed E-state index contributed by atoms with van der Waals surface area (Å²) in [7, 11) is 0. The summed E-state index contributed by atoms with van der Waals surface area (Å²) in [5.74, 6) is -1.55. The fourth-order valence-corrected chi connectivity index (χ4v) is 2.30. The van der Waals surface area contributed by atoms with Gasteiger partial charge in [-0.05, 0) is 44.4 Å². The summed E-state index contributed by atoms with van der Waals surface area (Å²) >= 11 is 3.94. The monoisotopic (exact) mass is 359 g/mol. The number of hydrogen-bond acceptors (Lipinski definition) is 5. The Morgan fingerprint density at radius 3 is 2.64 bits per heavy atom. The third kappa shape index (κ3) is 5.29. The molecule has 0 aliphatic rings. The van der Waals surface area contributed by atoms with E-state index in [4.69, 9.17) is 5.11 Å². The summed E-state index contributed by atoms with van der Waals surface area (Å²) in [5.41, 5.74) is 0.876. The lowest BCUT2D eigenvalue weighted by Gasteiger charge is -2.12. The Kier molecular flexibility index (Phi) is 5.79. The molecule has 6 nitrogen and oxygen atoms in total. The number of nitrogens with one attached hydrogen (secondary N) is 1. The number of aliphatic carboxylic acids is 1. The molecule has 1 aromatic heterocycles. The number of benzene rings is 1. The maximum Gasteiger partial charge on any atom is 0.327 e. The molecule has 0 saturated heterocycles. The first kappa shape index (κ1) is 18.9. The molecule has 1 atom stereocenters. The molecule has 25 heavy (non-hydrogen) atoms. The predicted octanol–water partition coefficient (Wildman–Crippen LogP) is 2.57. The van der Waals surface area contributed by atoms with Crippen LogP contribution in [0.3, 0.4) is 0 Å². The van der Waals surface area contributed by atoms with Gasteiger partial charge in [-0.3, -0.25) is 14.8 Å². The number of carbonyl (C=O) groups excluding carboxylic acids is 1. The van der Waals surface area contributed by atoms with Gasteiger partial charge in [-0.25, -0.2) is 4.79 Å². The zero-order chi connectivity index (χ0) is 18.6. The lowest BCUT2D eigenvalue weighted by molar-refractivity contribution is -0.138. The zero-order valence-corrected chi connectivity index (χ0v) is 15.2. The lowest BCUT2D eigenvalue weighted by Crippen LogP contribution is -2.42. The van der Waals surface area contributed by atoms with Gasteiger partial charge in [0, 0.05) is 29.1 Å². The van der Waals surface area contributed by atoms with Crippen LogP contribution in [0.25, 0.3) is 10.8 Å². The van der Waals surface area contributed by atoms with Gasteiger partial charge in [0.2, 0.25) is 0 Å². The number of aliphatic imine (C=N–C) groups is 1. The highest BCUT2D eigenvalue weighted by Gasteiger charge is 2.19. The normalized spacial score (nSPS) is 13.1. The summed E-state index contributed by atoms with van der Waals surface area (Å²) in [5, 5.41) is 13.2. The van der Waals surface area contributed by atoms with E-state index in [1.807, 2.05) is 26.8 Å². The molecule has 0 spiro atoms.